The summed E-state index contributed by atoms with van der Waals surface area (Å²) in [4.78, 5) is 10.5. The lowest BCUT2D eigenvalue weighted by atomic mass is 9.97. The van der Waals surface area contributed by atoms with Crippen LogP contribution in [-0.4, -0.2) is 24.7 Å². The molecule has 1 saturated heterocycles. The number of hydrogen-bond donors (Lipinski definition) is 0. The maximum atomic E-state index is 10.5. The van der Waals surface area contributed by atoms with Crippen molar-refractivity contribution in [1.29, 1.82) is 0 Å². The van der Waals surface area contributed by atoms with E-state index in [1.54, 1.807) is 0 Å². The highest BCUT2D eigenvalue weighted by atomic mass is 79.9. The fourth-order valence-corrected chi connectivity index (χ4v) is 2.15. The van der Waals surface area contributed by atoms with Crippen molar-refractivity contribution in [3.05, 3.63) is 15.9 Å². The van der Waals surface area contributed by atoms with Crippen LogP contribution in [0.25, 0.3) is 0 Å². The topological polar surface area (TPSA) is 52.3 Å². The number of halogens is 1. The first-order valence-electron chi connectivity index (χ1n) is 4.51. The van der Waals surface area contributed by atoms with E-state index in [1.807, 2.05) is 0 Å². The van der Waals surface area contributed by atoms with Gasteiger partial charge in [0.2, 0.25) is 0 Å². The van der Waals surface area contributed by atoms with Crippen LogP contribution in [0.2, 0.25) is 0 Å². The van der Waals surface area contributed by atoms with Gasteiger partial charge in [-0.2, -0.15) is 0 Å². The molecule has 0 N–H and O–H groups in total. The van der Waals surface area contributed by atoms with Crippen LogP contribution >= 0.6 is 15.9 Å². The normalized spacial score (nSPS) is 18.4. The highest BCUT2D eigenvalue weighted by molar-refractivity contribution is 9.10. The molecular weight excluding hydrogens is 250 g/mol. The van der Waals surface area contributed by atoms with Crippen LogP contribution in [-0.2, 0) is 4.74 Å². The number of ether oxygens (including phenoxy) is 1. The second-order valence-corrected chi connectivity index (χ2v) is 4.04. The first-order chi connectivity index (χ1) is 6.83. The molecule has 2 heterocycles. The van der Waals surface area contributed by atoms with Crippen LogP contribution in [0.5, 0.6) is 0 Å². The lowest BCUT2D eigenvalue weighted by Crippen LogP contribution is -2.13. The molecule has 0 bridgehead atoms. The minimum atomic E-state index is 0.319. The van der Waals surface area contributed by atoms with Crippen molar-refractivity contribution >= 4 is 22.2 Å². The van der Waals surface area contributed by atoms with Gasteiger partial charge in [-0.25, -0.2) is 0 Å². The number of nitrogens with zero attached hydrogens (tertiary/aromatic N) is 1. The van der Waals surface area contributed by atoms with Gasteiger partial charge in [0.25, 0.3) is 0 Å². The van der Waals surface area contributed by atoms with Gasteiger partial charge in [0.1, 0.15) is 0 Å². The molecule has 0 spiro atoms. The van der Waals surface area contributed by atoms with Crippen molar-refractivity contribution in [2.75, 3.05) is 13.2 Å². The zero-order valence-electron chi connectivity index (χ0n) is 7.53. The number of hydrogen-bond acceptors (Lipinski definition) is 4. The van der Waals surface area contributed by atoms with Crippen molar-refractivity contribution in [2.24, 2.45) is 0 Å². The number of aldehydes is 1. The highest BCUT2D eigenvalue weighted by Gasteiger charge is 2.24. The van der Waals surface area contributed by atoms with E-state index in [0.29, 0.717) is 22.4 Å². The first kappa shape index (κ1) is 9.86. The molecule has 0 radical (unpaired) electrons. The summed E-state index contributed by atoms with van der Waals surface area (Å²) >= 11 is 3.32. The molecule has 0 atom stereocenters. The summed E-state index contributed by atoms with van der Waals surface area (Å²) < 4.78 is 11.1. The number of rotatable bonds is 2. The largest absolute Gasteiger partial charge is 0.381 e. The molecule has 14 heavy (non-hydrogen) atoms. The third-order valence-electron chi connectivity index (χ3n) is 2.39. The van der Waals surface area contributed by atoms with Gasteiger partial charge >= 0.3 is 0 Å². The van der Waals surface area contributed by atoms with E-state index >= 15 is 0 Å². The minimum absolute atomic E-state index is 0.319. The molecule has 4 nitrogen and oxygen atoms in total. The van der Waals surface area contributed by atoms with Crippen molar-refractivity contribution in [3.8, 4) is 0 Å². The average molecular weight is 260 g/mol. The van der Waals surface area contributed by atoms with Crippen molar-refractivity contribution < 1.29 is 14.1 Å². The van der Waals surface area contributed by atoms with Crippen LogP contribution in [0, 0.1) is 0 Å². The zero-order valence-corrected chi connectivity index (χ0v) is 9.12. The maximum Gasteiger partial charge on any atom is 0.173 e. The summed E-state index contributed by atoms with van der Waals surface area (Å²) in [6.45, 7) is 1.49. The van der Waals surface area contributed by atoms with E-state index in [4.69, 9.17) is 9.26 Å². The Hall–Kier alpha value is -0.680. The Morgan fingerprint density at radius 3 is 2.71 bits per heavy atom. The quantitative estimate of drug-likeness (QED) is 0.764. The summed E-state index contributed by atoms with van der Waals surface area (Å²) in [6, 6.07) is 0. The summed E-state index contributed by atoms with van der Waals surface area (Å²) in [5, 5.41) is 3.68. The Kier molecular flexibility index (Phi) is 2.98. The monoisotopic (exact) mass is 259 g/mol. The smallest absolute Gasteiger partial charge is 0.173 e. The molecule has 1 fully saturated rings. The molecular formula is C9H10BrNO3. The van der Waals surface area contributed by atoms with E-state index in [-0.39, 0.29) is 0 Å². The standard InChI is InChI=1S/C9H10BrNO3/c10-8-7(5-12)11-14-9(8)6-1-3-13-4-2-6/h5-6H,1-4H2. The minimum Gasteiger partial charge on any atom is -0.381 e. The Morgan fingerprint density at radius 2 is 2.14 bits per heavy atom. The summed E-state index contributed by atoms with van der Waals surface area (Å²) in [6.07, 6.45) is 2.54. The van der Waals surface area contributed by atoms with E-state index < -0.39 is 0 Å². The van der Waals surface area contributed by atoms with Gasteiger partial charge in [-0.05, 0) is 28.8 Å². The van der Waals surface area contributed by atoms with Crippen molar-refractivity contribution in [3.63, 3.8) is 0 Å². The maximum absolute atomic E-state index is 10.5. The molecule has 1 aliphatic rings. The van der Waals surface area contributed by atoms with Gasteiger partial charge in [0.15, 0.2) is 17.7 Å². The predicted octanol–water partition coefficient (Wildman–Crippen LogP) is 2.14. The van der Waals surface area contributed by atoms with E-state index in [0.717, 1.165) is 31.8 Å². The van der Waals surface area contributed by atoms with Gasteiger partial charge in [0, 0.05) is 19.1 Å². The Balaban J connectivity index is 2.22. The fourth-order valence-electron chi connectivity index (χ4n) is 1.59. The molecule has 5 heteroatoms. The van der Waals surface area contributed by atoms with Gasteiger partial charge in [-0.15, -0.1) is 0 Å². The Morgan fingerprint density at radius 1 is 1.43 bits per heavy atom. The summed E-state index contributed by atoms with van der Waals surface area (Å²) in [7, 11) is 0. The molecule has 0 amide bonds. The van der Waals surface area contributed by atoms with Crippen LogP contribution in [0.3, 0.4) is 0 Å². The highest BCUT2D eigenvalue weighted by Crippen LogP contribution is 2.33. The Labute approximate surface area is 89.7 Å². The van der Waals surface area contributed by atoms with Gasteiger partial charge in [0.05, 0.1) is 4.47 Å². The number of carbonyl (C=O) groups is 1. The van der Waals surface area contributed by atoms with Crippen LogP contribution < -0.4 is 0 Å². The lowest BCUT2D eigenvalue weighted by Gasteiger charge is -2.19. The van der Waals surface area contributed by atoms with Crippen molar-refractivity contribution in [1.82, 2.24) is 5.16 Å². The fraction of sp³-hybridized carbons (Fsp3) is 0.556. The van der Waals surface area contributed by atoms with Crippen LogP contribution in [0.4, 0.5) is 0 Å². The summed E-state index contributed by atoms with van der Waals surface area (Å²) in [5.41, 5.74) is 0.339. The second-order valence-electron chi connectivity index (χ2n) is 3.25. The molecule has 0 aliphatic carbocycles. The molecule has 0 saturated carbocycles. The molecule has 0 unspecified atom stereocenters. The van der Waals surface area contributed by atoms with Crippen LogP contribution in [0.15, 0.2) is 9.00 Å². The predicted molar refractivity (Wildman–Crippen MR) is 52.4 cm³/mol. The molecule has 0 aromatic carbocycles. The van der Waals surface area contributed by atoms with Gasteiger partial charge in [-0.1, -0.05) is 5.16 Å². The third-order valence-corrected chi connectivity index (χ3v) is 3.18. The number of carbonyl (C=O) groups excluding carboxylic acids is 1. The van der Waals surface area contributed by atoms with E-state index in [1.165, 1.54) is 0 Å². The average Bonchev–Trinajstić information content (AvgIpc) is 2.61. The zero-order chi connectivity index (χ0) is 9.97. The van der Waals surface area contributed by atoms with Crippen molar-refractivity contribution in [2.45, 2.75) is 18.8 Å². The van der Waals surface area contributed by atoms with E-state index in [9.17, 15) is 4.79 Å². The second kappa shape index (κ2) is 4.23. The van der Waals surface area contributed by atoms with Crippen LogP contribution in [0.1, 0.15) is 35.0 Å². The SMILES string of the molecule is O=Cc1noc(C2CCOCC2)c1Br. The first-order valence-corrected chi connectivity index (χ1v) is 5.30. The molecule has 2 rings (SSSR count). The number of aromatic nitrogens is 1. The van der Waals surface area contributed by atoms with Gasteiger partial charge in [-0.3, -0.25) is 4.79 Å². The molecule has 1 aromatic heterocycles. The summed E-state index contributed by atoms with van der Waals surface area (Å²) in [5.74, 6) is 1.09. The molecule has 76 valence electrons. The van der Waals surface area contributed by atoms with E-state index in [2.05, 4.69) is 21.1 Å². The molecule has 1 aliphatic heterocycles. The lowest BCUT2D eigenvalue weighted by molar-refractivity contribution is 0.0788. The van der Waals surface area contributed by atoms with Gasteiger partial charge < -0.3 is 9.26 Å². The molecule has 1 aromatic rings. The third kappa shape index (κ3) is 1.74. The Bertz CT molecular complexity index is 331.